The van der Waals surface area contributed by atoms with E-state index in [2.05, 4.69) is 30.8 Å². The monoisotopic (exact) mass is 392 g/mol. The van der Waals surface area contributed by atoms with Crippen LogP contribution in [-0.2, 0) is 4.74 Å². The SMILES string of the molecule is CC1(NC(=O)O[C@@H]2CC[C@H](c3cc(Nc4cnc(C(F)F)cn4)n[nH]3)C2)CC1. The number of alkyl halides is 2. The number of amides is 1. The molecule has 2 fully saturated rings. The van der Waals surface area contributed by atoms with E-state index < -0.39 is 6.43 Å². The molecule has 2 aromatic heterocycles. The first-order valence-electron chi connectivity index (χ1n) is 9.31. The molecule has 0 spiro atoms. The van der Waals surface area contributed by atoms with E-state index >= 15 is 0 Å². The summed E-state index contributed by atoms with van der Waals surface area (Å²) in [5.41, 5.74) is 0.473. The van der Waals surface area contributed by atoms with Gasteiger partial charge in [0, 0.05) is 23.2 Å². The minimum Gasteiger partial charge on any atom is -0.446 e. The summed E-state index contributed by atoms with van der Waals surface area (Å²) in [4.78, 5) is 19.5. The van der Waals surface area contributed by atoms with E-state index in [0.29, 0.717) is 11.6 Å². The normalized spacial score (nSPS) is 22.9. The third-order valence-corrected chi connectivity index (χ3v) is 5.25. The molecular weight excluding hydrogens is 370 g/mol. The van der Waals surface area contributed by atoms with E-state index in [0.717, 1.165) is 44.0 Å². The number of nitrogens with zero attached hydrogens (tertiary/aromatic N) is 3. The predicted octanol–water partition coefficient (Wildman–Crippen LogP) is 3.80. The Hall–Kier alpha value is -2.78. The molecule has 28 heavy (non-hydrogen) atoms. The highest BCUT2D eigenvalue weighted by Crippen LogP contribution is 2.37. The molecule has 1 amide bonds. The molecule has 0 aliphatic heterocycles. The van der Waals surface area contributed by atoms with Crippen molar-refractivity contribution in [1.82, 2.24) is 25.5 Å². The van der Waals surface area contributed by atoms with Gasteiger partial charge in [0.15, 0.2) is 5.82 Å². The number of aromatic nitrogens is 4. The smallest absolute Gasteiger partial charge is 0.407 e. The van der Waals surface area contributed by atoms with Crippen molar-refractivity contribution in [3.05, 3.63) is 29.8 Å². The van der Waals surface area contributed by atoms with E-state index in [4.69, 9.17) is 4.74 Å². The Balaban J connectivity index is 1.30. The summed E-state index contributed by atoms with van der Waals surface area (Å²) in [7, 11) is 0. The third kappa shape index (κ3) is 4.37. The molecule has 0 saturated heterocycles. The van der Waals surface area contributed by atoms with Gasteiger partial charge in [-0.25, -0.2) is 23.5 Å². The maximum Gasteiger partial charge on any atom is 0.407 e. The number of carbonyl (C=O) groups is 1. The second kappa shape index (κ2) is 7.33. The zero-order valence-corrected chi connectivity index (χ0v) is 15.4. The molecular formula is C18H22F2N6O2. The number of ether oxygens (including phenoxy) is 1. The quantitative estimate of drug-likeness (QED) is 0.691. The number of aromatic amines is 1. The number of halogens is 2. The van der Waals surface area contributed by atoms with Crippen molar-refractivity contribution in [2.45, 2.75) is 63.0 Å². The zero-order chi connectivity index (χ0) is 19.7. The molecule has 2 aliphatic rings. The average molecular weight is 392 g/mol. The minimum atomic E-state index is -2.65. The van der Waals surface area contributed by atoms with Crippen LogP contribution in [0.4, 0.5) is 25.2 Å². The van der Waals surface area contributed by atoms with Crippen molar-refractivity contribution in [2.24, 2.45) is 0 Å². The first-order valence-corrected chi connectivity index (χ1v) is 9.31. The number of anilines is 2. The molecule has 0 aromatic carbocycles. The van der Waals surface area contributed by atoms with Crippen molar-refractivity contribution in [1.29, 1.82) is 0 Å². The Kier molecular flexibility index (Phi) is 4.86. The highest BCUT2D eigenvalue weighted by molar-refractivity contribution is 5.69. The van der Waals surface area contributed by atoms with Crippen LogP contribution >= 0.6 is 0 Å². The number of hydrogen-bond donors (Lipinski definition) is 3. The lowest BCUT2D eigenvalue weighted by atomic mass is 10.0. The number of carbonyl (C=O) groups excluding carboxylic acids is 1. The number of H-pyrrole nitrogens is 1. The summed E-state index contributed by atoms with van der Waals surface area (Å²) in [5.74, 6) is 1.07. The third-order valence-electron chi connectivity index (χ3n) is 5.25. The highest BCUT2D eigenvalue weighted by atomic mass is 19.3. The molecule has 0 radical (unpaired) electrons. The fourth-order valence-corrected chi connectivity index (χ4v) is 3.33. The lowest BCUT2D eigenvalue weighted by Crippen LogP contribution is -2.36. The molecule has 2 saturated carbocycles. The molecule has 2 heterocycles. The molecule has 150 valence electrons. The van der Waals surface area contributed by atoms with Crippen molar-refractivity contribution in [3.8, 4) is 0 Å². The molecule has 10 heteroatoms. The van der Waals surface area contributed by atoms with E-state index in [1.807, 2.05) is 13.0 Å². The van der Waals surface area contributed by atoms with Gasteiger partial charge in [-0.05, 0) is 39.0 Å². The van der Waals surface area contributed by atoms with Gasteiger partial charge in [0.25, 0.3) is 6.43 Å². The second-order valence-corrected chi connectivity index (χ2v) is 7.68. The van der Waals surface area contributed by atoms with Crippen LogP contribution in [0.5, 0.6) is 0 Å². The standard InChI is InChI=1S/C18H22F2N6O2/c1-18(4-5-18)24-17(27)28-11-3-2-10(6-11)12-7-14(26-25-12)23-15-9-21-13(8-22-15)16(19)20/h7-11,16H,2-6H2,1H3,(H,24,27)(H2,22,23,25,26)/t10-,11+/m0/s1. The van der Waals surface area contributed by atoms with Crippen LogP contribution in [0.1, 0.15) is 62.8 Å². The van der Waals surface area contributed by atoms with E-state index in [1.54, 1.807) is 0 Å². The maximum atomic E-state index is 12.5. The van der Waals surface area contributed by atoms with Gasteiger partial charge in [-0.15, -0.1) is 0 Å². The van der Waals surface area contributed by atoms with Gasteiger partial charge < -0.3 is 15.4 Å². The van der Waals surface area contributed by atoms with E-state index in [1.165, 1.54) is 6.20 Å². The Bertz CT molecular complexity index is 837. The van der Waals surface area contributed by atoms with Crippen LogP contribution in [-0.4, -0.2) is 37.9 Å². The summed E-state index contributed by atoms with van der Waals surface area (Å²) in [6.07, 6.45) is 3.59. The largest absolute Gasteiger partial charge is 0.446 e. The van der Waals surface area contributed by atoms with Gasteiger partial charge in [0.05, 0.1) is 12.4 Å². The Morgan fingerprint density at radius 1 is 1.29 bits per heavy atom. The molecule has 0 unspecified atom stereocenters. The molecule has 4 rings (SSSR count). The summed E-state index contributed by atoms with van der Waals surface area (Å²) < 4.78 is 30.6. The predicted molar refractivity (Wildman–Crippen MR) is 96.5 cm³/mol. The Morgan fingerprint density at radius 3 is 2.79 bits per heavy atom. The second-order valence-electron chi connectivity index (χ2n) is 7.68. The first kappa shape index (κ1) is 18.6. The lowest BCUT2D eigenvalue weighted by molar-refractivity contribution is 0.0967. The molecule has 0 bridgehead atoms. The van der Waals surface area contributed by atoms with Gasteiger partial charge >= 0.3 is 6.09 Å². The number of hydrogen-bond acceptors (Lipinski definition) is 6. The molecule has 2 aliphatic carbocycles. The maximum absolute atomic E-state index is 12.5. The average Bonchev–Trinajstić information content (AvgIpc) is 3.04. The molecule has 8 nitrogen and oxygen atoms in total. The minimum absolute atomic E-state index is 0.0879. The van der Waals surface area contributed by atoms with Gasteiger partial charge in [-0.2, -0.15) is 5.10 Å². The Morgan fingerprint density at radius 2 is 2.11 bits per heavy atom. The molecule has 2 atom stereocenters. The van der Waals surface area contributed by atoms with Crippen LogP contribution < -0.4 is 10.6 Å². The van der Waals surface area contributed by atoms with Crippen LogP contribution in [0, 0.1) is 0 Å². The van der Waals surface area contributed by atoms with Crippen LogP contribution in [0.15, 0.2) is 18.5 Å². The summed E-state index contributed by atoms with van der Waals surface area (Å²) in [6, 6.07) is 1.85. The molecule has 3 N–H and O–H groups in total. The van der Waals surface area contributed by atoms with Crippen LogP contribution in [0.2, 0.25) is 0 Å². The lowest BCUT2D eigenvalue weighted by Gasteiger charge is -2.16. The summed E-state index contributed by atoms with van der Waals surface area (Å²) in [5, 5.41) is 13.0. The van der Waals surface area contributed by atoms with Crippen molar-refractivity contribution >= 4 is 17.7 Å². The van der Waals surface area contributed by atoms with Crippen molar-refractivity contribution in [2.75, 3.05) is 5.32 Å². The summed E-state index contributed by atoms with van der Waals surface area (Å²) in [6.45, 7) is 2.01. The van der Waals surface area contributed by atoms with Crippen LogP contribution in [0.3, 0.4) is 0 Å². The number of nitrogens with one attached hydrogen (secondary N) is 3. The van der Waals surface area contributed by atoms with E-state index in [9.17, 15) is 13.6 Å². The van der Waals surface area contributed by atoms with Gasteiger partial charge in [0.1, 0.15) is 17.6 Å². The fourth-order valence-electron chi connectivity index (χ4n) is 3.33. The van der Waals surface area contributed by atoms with Gasteiger partial charge in [0.2, 0.25) is 0 Å². The highest BCUT2D eigenvalue weighted by Gasteiger charge is 2.40. The number of rotatable bonds is 6. The topological polar surface area (TPSA) is 105 Å². The molecule has 2 aromatic rings. The zero-order valence-electron chi connectivity index (χ0n) is 15.4. The Labute approximate surface area is 160 Å². The number of alkyl carbamates (subject to hydrolysis) is 1. The van der Waals surface area contributed by atoms with E-state index in [-0.39, 0.29) is 29.3 Å². The van der Waals surface area contributed by atoms with Gasteiger partial charge in [-0.1, -0.05) is 0 Å². The first-order chi connectivity index (χ1) is 13.4. The van der Waals surface area contributed by atoms with Crippen molar-refractivity contribution in [3.63, 3.8) is 0 Å². The fraction of sp³-hybridized carbons (Fsp3) is 0.556. The summed E-state index contributed by atoms with van der Waals surface area (Å²) >= 11 is 0. The van der Waals surface area contributed by atoms with Gasteiger partial charge in [-0.3, -0.25) is 5.10 Å². The van der Waals surface area contributed by atoms with Crippen molar-refractivity contribution < 1.29 is 18.3 Å². The van der Waals surface area contributed by atoms with Crippen LogP contribution in [0.25, 0.3) is 0 Å².